The Hall–Kier alpha value is -2.04. The Kier molecular flexibility index (Phi) is 5.78. The molecule has 0 saturated heterocycles. The summed E-state index contributed by atoms with van der Waals surface area (Å²) in [5, 5.41) is 0. The fourth-order valence-electron chi connectivity index (χ4n) is 3.82. The van der Waals surface area contributed by atoms with Gasteiger partial charge >= 0.3 is 11.9 Å². The molecule has 0 amide bonds. The number of benzene rings is 1. The van der Waals surface area contributed by atoms with E-state index in [0.29, 0.717) is 12.3 Å². The molecular formula is C22H30O5. The molecule has 1 aliphatic carbocycles. The first-order valence-electron chi connectivity index (χ1n) is 9.82. The van der Waals surface area contributed by atoms with Gasteiger partial charge in [0.2, 0.25) is 0 Å². The third-order valence-corrected chi connectivity index (χ3v) is 5.21. The van der Waals surface area contributed by atoms with Crippen LogP contribution in [0, 0.1) is 11.8 Å². The smallest absolute Gasteiger partial charge is 0.310 e. The molecule has 1 aliphatic heterocycles. The molecule has 3 rings (SSSR count). The topological polar surface area (TPSA) is 61.8 Å². The van der Waals surface area contributed by atoms with Gasteiger partial charge in [-0.15, -0.1) is 0 Å². The summed E-state index contributed by atoms with van der Waals surface area (Å²) in [7, 11) is 1.44. The number of carbonyl (C=O) groups excluding carboxylic acids is 2. The number of aryl methyl sites for hydroxylation is 1. The second-order valence-corrected chi connectivity index (χ2v) is 8.68. The quantitative estimate of drug-likeness (QED) is 0.708. The van der Waals surface area contributed by atoms with Crippen molar-refractivity contribution in [1.29, 1.82) is 0 Å². The van der Waals surface area contributed by atoms with E-state index in [4.69, 9.17) is 14.2 Å². The van der Waals surface area contributed by atoms with Crippen LogP contribution in [0.25, 0.3) is 0 Å². The van der Waals surface area contributed by atoms with Gasteiger partial charge in [0.15, 0.2) is 0 Å². The molecule has 0 radical (unpaired) electrons. The van der Waals surface area contributed by atoms with E-state index < -0.39 is 5.60 Å². The van der Waals surface area contributed by atoms with Gasteiger partial charge in [-0.3, -0.25) is 9.59 Å². The maximum atomic E-state index is 12.1. The zero-order chi connectivity index (χ0) is 19.6. The summed E-state index contributed by atoms with van der Waals surface area (Å²) in [5.41, 5.74) is 1.59. The highest BCUT2D eigenvalue weighted by Crippen LogP contribution is 2.44. The zero-order valence-corrected chi connectivity index (χ0v) is 16.7. The van der Waals surface area contributed by atoms with Crippen LogP contribution in [0.3, 0.4) is 0 Å². The molecule has 0 bridgehead atoms. The molecule has 0 N–H and O–H groups in total. The summed E-state index contributed by atoms with van der Waals surface area (Å²) in [6.07, 6.45) is 4.87. The third kappa shape index (κ3) is 5.47. The monoisotopic (exact) mass is 374 g/mol. The Morgan fingerprint density at radius 3 is 2.56 bits per heavy atom. The average molecular weight is 374 g/mol. The van der Waals surface area contributed by atoms with Gasteiger partial charge in [-0.1, -0.05) is 12.1 Å². The van der Waals surface area contributed by atoms with Crippen LogP contribution in [0.5, 0.6) is 5.75 Å². The number of fused-ring (bicyclic) bond motifs is 1. The fraction of sp³-hybridized carbons (Fsp3) is 0.636. The molecule has 1 aromatic rings. The lowest BCUT2D eigenvalue weighted by molar-refractivity contribution is -0.154. The minimum Gasteiger partial charge on any atom is -0.490 e. The Labute approximate surface area is 161 Å². The molecule has 148 valence electrons. The van der Waals surface area contributed by atoms with E-state index in [9.17, 15) is 9.59 Å². The number of esters is 2. The van der Waals surface area contributed by atoms with Gasteiger partial charge in [-0.2, -0.15) is 0 Å². The van der Waals surface area contributed by atoms with Gasteiger partial charge < -0.3 is 14.2 Å². The largest absolute Gasteiger partial charge is 0.490 e. The molecule has 0 unspecified atom stereocenters. The minimum absolute atomic E-state index is 0.0563. The maximum Gasteiger partial charge on any atom is 0.310 e. The lowest BCUT2D eigenvalue weighted by Crippen LogP contribution is -2.34. The number of rotatable bonds is 6. The number of hydrogen-bond donors (Lipinski definition) is 0. The van der Waals surface area contributed by atoms with Gasteiger partial charge in [0.1, 0.15) is 17.5 Å². The van der Waals surface area contributed by atoms with Crippen molar-refractivity contribution in [3.05, 3.63) is 29.3 Å². The van der Waals surface area contributed by atoms with Crippen LogP contribution in [0.2, 0.25) is 0 Å². The summed E-state index contributed by atoms with van der Waals surface area (Å²) in [5.74, 6) is 1.29. The second-order valence-electron chi connectivity index (χ2n) is 8.68. The highest BCUT2D eigenvalue weighted by atomic mass is 16.6. The lowest BCUT2D eigenvalue weighted by atomic mass is 9.87. The number of carbonyl (C=O) groups is 2. The number of methoxy groups -OCH3 is 1. The van der Waals surface area contributed by atoms with E-state index in [0.717, 1.165) is 29.7 Å². The zero-order valence-electron chi connectivity index (χ0n) is 16.7. The summed E-state index contributed by atoms with van der Waals surface area (Å²) in [6, 6.07) is 5.92. The first kappa shape index (κ1) is 19.7. The van der Waals surface area contributed by atoms with Crippen LogP contribution in [0.1, 0.15) is 57.6 Å². The van der Waals surface area contributed by atoms with Gasteiger partial charge in [-0.05, 0) is 69.6 Å². The average Bonchev–Trinajstić information content (AvgIpc) is 3.42. The standard InChI is InChI=1S/C22H30O5/c1-22(2,3)27-21(24)12-14-5-9-18-16(11-14)8-10-19(26-18)17(15-6-7-15)13-20(23)25-4/h5,9,11,15,17,19H,6-8,10,12-13H2,1-4H3/t17-,19-/m1/s1. The Morgan fingerprint density at radius 2 is 1.93 bits per heavy atom. The molecule has 2 atom stereocenters. The van der Waals surface area contributed by atoms with E-state index in [1.807, 2.05) is 39.0 Å². The molecule has 27 heavy (non-hydrogen) atoms. The molecule has 1 saturated carbocycles. The van der Waals surface area contributed by atoms with Crippen LogP contribution in [0.4, 0.5) is 0 Å². The molecule has 0 aromatic heterocycles. The van der Waals surface area contributed by atoms with Crippen molar-refractivity contribution in [2.24, 2.45) is 11.8 Å². The van der Waals surface area contributed by atoms with Crippen molar-refractivity contribution >= 4 is 11.9 Å². The van der Waals surface area contributed by atoms with E-state index in [2.05, 4.69) is 0 Å². The summed E-state index contributed by atoms with van der Waals surface area (Å²) < 4.78 is 16.5. The summed E-state index contributed by atoms with van der Waals surface area (Å²) >= 11 is 0. The Balaban J connectivity index is 1.64. The van der Waals surface area contributed by atoms with Crippen molar-refractivity contribution in [2.75, 3.05) is 7.11 Å². The van der Waals surface area contributed by atoms with Gasteiger partial charge in [0, 0.05) is 5.92 Å². The van der Waals surface area contributed by atoms with Crippen LogP contribution < -0.4 is 4.74 Å². The molecule has 2 aliphatic rings. The molecule has 1 aromatic carbocycles. The van der Waals surface area contributed by atoms with E-state index in [1.165, 1.54) is 20.0 Å². The molecule has 1 fully saturated rings. The van der Waals surface area contributed by atoms with Gasteiger partial charge in [-0.25, -0.2) is 0 Å². The molecule has 5 nitrogen and oxygen atoms in total. The van der Waals surface area contributed by atoms with E-state index in [1.54, 1.807) is 0 Å². The summed E-state index contributed by atoms with van der Waals surface area (Å²) in [4.78, 5) is 23.8. The molecule has 5 heteroatoms. The predicted molar refractivity (Wildman–Crippen MR) is 102 cm³/mol. The van der Waals surface area contributed by atoms with Gasteiger partial charge in [0.05, 0.1) is 20.0 Å². The van der Waals surface area contributed by atoms with E-state index in [-0.39, 0.29) is 30.4 Å². The second kappa shape index (κ2) is 7.91. The van der Waals surface area contributed by atoms with Gasteiger partial charge in [0.25, 0.3) is 0 Å². The first-order valence-corrected chi connectivity index (χ1v) is 9.82. The lowest BCUT2D eigenvalue weighted by Gasteiger charge is -2.32. The van der Waals surface area contributed by atoms with Crippen LogP contribution in [-0.2, 0) is 31.9 Å². The highest BCUT2D eigenvalue weighted by molar-refractivity contribution is 5.73. The van der Waals surface area contributed by atoms with Crippen molar-refractivity contribution in [3.63, 3.8) is 0 Å². The molecule has 1 heterocycles. The first-order chi connectivity index (χ1) is 12.7. The fourth-order valence-corrected chi connectivity index (χ4v) is 3.82. The van der Waals surface area contributed by atoms with Crippen molar-refractivity contribution in [1.82, 2.24) is 0 Å². The normalized spacial score (nSPS) is 20.2. The maximum absolute atomic E-state index is 12.1. The van der Waals surface area contributed by atoms with Crippen LogP contribution >= 0.6 is 0 Å². The Bertz CT molecular complexity index is 699. The van der Waals surface area contributed by atoms with Crippen LogP contribution in [0.15, 0.2) is 18.2 Å². The number of ether oxygens (including phenoxy) is 3. The summed E-state index contributed by atoms with van der Waals surface area (Å²) in [6.45, 7) is 5.61. The Morgan fingerprint density at radius 1 is 1.19 bits per heavy atom. The molecular weight excluding hydrogens is 344 g/mol. The van der Waals surface area contributed by atoms with Crippen molar-refractivity contribution < 1.29 is 23.8 Å². The van der Waals surface area contributed by atoms with Crippen molar-refractivity contribution in [3.8, 4) is 5.75 Å². The van der Waals surface area contributed by atoms with Crippen LogP contribution in [-0.4, -0.2) is 30.8 Å². The molecule has 0 spiro atoms. The highest BCUT2D eigenvalue weighted by Gasteiger charge is 2.40. The predicted octanol–water partition coefficient (Wildman–Crippen LogP) is 3.85. The SMILES string of the molecule is COC(=O)C[C@H](C1CC1)[C@H]1CCc2cc(CC(=O)OC(C)(C)C)ccc2O1. The number of hydrogen-bond acceptors (Lipinski definition) is 5. The minimum atomic E-state index is -0.473. The third-order valence-electron chi connectivity index (χ3n) is 5.21. The van der Waals surface area contributed by atoms with Crippen molar-refractivity contribution in [2.45, 2.75) is 71.0 Å². The van der Waals surface area contributed by atoms with E-state index >= 15 is 0 Å².